The maximum atomic E-state index is 5.50. The summed E-state index contributed by atoms with van der Waals surface area (Å²) >= 11 is 1.77. The Morgan fingerprint density at radius 1 is 0.396 bits per heavy atom. The fourth-order valence-corrected chi connectivity index (χ4v) is 9.67. The van der Waals surface area contributed by atoms with Crippen molar-refractivity contribution in [2.24, 2.45) is 0 Å². The van der Waals surface area contributed by atoms with Crippen LogP contribution in [0, 0.1) is 0 Å². The summed E-state index contributed by atoms with van der Waals surface area (Å²) in [6.07, 6.45) is 0. The summed E-state index contributed by atoms with van der Waals surface area (Å²) in [5, 5.41) is 10.8. The molecule has 0 aliphatic rings. The Labute approximate surface area is 307 Å². The van der Waals surface area contributed by atoms with Gasteiger partial charge in [0.25, 0.3) is 0 Å². The molecular weight excluding hydrogens is 665 g/mol. The molecule has 0 saturated carbocycles. The number of nitrogens with zero attached hydrogens (tertiary/aromatic N) is 4. The molecule has 0 saturated heterocycles. The number of para-hydroxylation sites is 2. The van der Waals surface area contributed by atoms with Crippen LogP contribution >= 0.6 is 11.3 Å². The van der Waals surface area contributed by atoms with E-state index in [2.05, 4.69) is 179 Å². The van der Waals surface area contributed by atoms with Crippen LogP contribution in [0.3, 0.4) is 0 Å². The summed E-state index contributed by atoms with van der Waals surface area (Å²) in [5.74, 6) is 0.674. The number of hydrogen-bond acceptors (Lipinski definition) is 3. The quantitative estimate of drug-likeness (QED) is 0.185. The third kappa shape index (κ3) is 4.11. The molecule has 0 fully saturated rings. The first-order chi connectivity index (χ1) is 26.3. The zero-order valence-electron chi connectivity index (χ0n) is 28.4. The molecule has 0 aliphatic carbocycles. The van der Waals surface area contributed by atoms with Crippen LogP contribution in [0.1, 0.15) is 0 Å². The zero-order valence-corrected chi connectivity index (χ0v) is 29.2. The lowest BCUT2D eigenvalue weighted by Gasteiger charge is -2.12. The first kappa shape index (κ1) is 28.8. The van der Waals surface area contributed by atoms with Gasteiger partial charge in [0.2, 0.25) is 5.95 Å². The monoisotopic (exact) mass is 692 g/mol. The molecule has 0 spiro atoms. The van der Waals surface area contributed by atoms with Gasteiger partial charge >= 0.3 is 0 Å². The van der Waals surface area contributed by atoms with Crippen molar-refractivity contribution >= 4 is 96.8 Å². The molecule has 0 amide bonds. The van der Waals surface area contributed by atoms with E-state index in [0.717, 1.165) is 37.9 Å². The van der Waals surface area contributed by atoms with Gasteiger partial charge in [0, 0.05) is 42.6 Å². The third-order valence-corrected chi connectivity index (χ3v) is 12.1. The summed E-state index contributed by atoms with van der Waals surface area (Å²) in [6.45, 7) is 0. The zero-order chi connectivity index (χ0) is 34.6. The van der Waals surface area contributed by atoms with Gasteiger partial charge in [0.05, 0.1) is 43.7 Å². The van der Waals surface area contributed by atoms with Gasteiger partial charge in [-0.25, -0.2) is 9.97 Å². The van der Waals surface area contributed by atoms with Gasteiger partial charge < -0.3 is 4.57 Å². The molecule has 0 unspecified atom stereocenters. The average molecular weight is 693 g/mol. The molecule has 0 bridgehead atoms. The molecular formula is C48H28N4S. The molecule has 246 valence electrons. The van der Waals surface area contributed by atoms with E-state index in [1.807, 2.05) is 0 Å². The SMILES string of the molecule is c1ccc2cc(-c3nc(-n4c5ccccc5c5cc6c(cc54)c4ccccc4n6-c4cccc5ccccc45)nc4c3sc3ccccc34)ccc2c1. The molecule has 12 aromatic rings. The van der Waals surface area contributed by atoms with E-state index < -0.39 is 0 Å². The first-order valence-corrected chi connectivity index (χ1v) is 18.7. The van der Waals surface area contributed by atoms with Gasteiger partial charge in [-0.1, -0.05) is 127 Å². The smallest absolute Gasteiger partial charge is 0.235 e. The Hall–Kier alpha value is -6.82. The molecule has 12 rings (SSSR count). The van der Waals surface area contributed by atoms with E-state index in [-0.39, 0.29) is 0 Å². The Balaban J connectivity index is 1.20. The van der Waals surface area contributed by atoms with Crippen molar-refractivity contribution in [2.45, 2.75) is 0 Å². The molecule has 8 aromatic carbocycles. The lowest BCUT2D eigenvalue weighted by molar-refractivity contribution is 1.02. The van der Waals surface area contributed by atoms with Crippen LogP contribution in [0.15, 0.2) is 170 Å². The van der Waals surface area contributed by atoms with Gasteiger partial charge in [-0.05, 0) is 58.6 Å². The van der Waals surface area contributed by atoms with E-state index in [1.165, 1.54) is 64.5 Å². The number of thiophene rings is 1. The van der Waals surface area contributed by atoms with Crippen LogP contribution in [0.5, 0.6) is 0 Å². The molecule has 0 radical (unpaired) electrons. The number of benzene rings is 8. The minimum Gasteiger partial charge on any atom is -0.309 e. The Kier molecular flexibility index (Phi) is 5.90. The van der Waals surface area contributed by atoms with Crippen LogP contribution in [0.4, 0.5) is 0 Å². The standard InChI is InChI=1S/C48H28N4S/c1-2-14-31-26-32(25-24-29(31)12-1)45-47-46(36-19-7-10-23-44(36)53-47)50-48(49-45)52-41-21-9-6-18-35(41)38-27-42-37(28-43(38)52)34-17-5-8-20-40(34)51(42)39-22-11-15-30-13-3-4-16-33(30)39/h1-28H. The van der Waals surface area contributed by atoms with Crippen LogP contribution in [0.2, 0.25) is 0 Å². The number of hydrogen-bond donors (Lipinski definition) is 0. The Morgan fingerprint density at radius 3 is 1.79 bits per heavy atom. The second-order valence-corrected chi connectivity index (χ2v) is 14.9. The van der Waals surface area contributed by atoms with Gasteiger partial charge in [-0.3, -0.25) is 4.57 Å². The molecule has 0 N–H and O–H groups in total. The van der Waals surface area contributed by atoms with Crippen molar-refractivity contribution in [1.29, 1.82) is 0 Å². The van der Waals surface area contributed by atoms with Gasteiger partial charge in [0.1, 0.15) is 0 Å². The fourth-order valence-electron chi connectivity index (χ4n) is 8.52. The summed E-state index contributed by atoms with van der Waals surface area (Å²) in [4.78, 5) is 10.9. The summed E-state index contributed by atoms with van der Waals surface area (Å²) in [6, 6.07) is 61.2. The summed E-state index contributed by atoms with van der Waals surface area (Å²) in [7, 11) is 0. The van der Waals surface area contributed by atoms with Crippen molar-refractivity contribution in [3.8, 4) is 22.9 Å². The molecule has 53 heavy (non-hydrogen) atoms. The van der Waals surface area contributed by atoms with Crippen molar-refractivity contribution in [2.75, 3.05) is 0 Å². The highest BCUT2D eigenvalue weighted by atomic mass is 32.1. The Bertz CT molecular complexity index is 3470. The van der Waals surface area contributed by atoms with E-state index in [0.29, 0.717) is 5.95 Å². The number of fused-ring (bicyclic) bond motifs is 11. The van der Waals surface area contributed by atoms with E-state index in [4.69, 9.17) is 9.97 Å². The van der Waals surface area contributed by atoms with Crippen LogP contribution < -0.4 is 0 Å². The molecule has 0 aliphatic heterocycles. The van der Waals surface area contributed by atoms with Gasteiger partial charge in [-0.15, -0.1) is 11.3 Å². The highest BCUT2D eigenvalue weighted by Crippen LogP contribution is 2.43. The maximum absolute atomic E-state index is 5.50. The highest BCUT2D eigenvalue weighted by Gasteiger charge is 2.22. The van der Waals surface area contributed by atoms with Crippen molar-refractivity contribution in [3.05, 3.63) is 170 Å². The lowest BCUT2D eigenvalue weighted by Crippen LogP contribution is -2.02. The molecule has 5 heteroatoms. The highest BCUT2D eigenvalue weighted by molar-refractivity contribution is 7.26. The molecule has 4 heterocycles. The summed E-state index contributed by atoms with van der Waals surface area (Å²) in [5.41, 5.74) is 8.73. The predicted molar refractivity (Wildman–Crippen MR) is 224 cm³/mol. The van der Waals surface area contributed by atoms with Crippen molar-refractivity contribution < 1.29 is 0 Å². The maximum Gasteiger partial charge on any atom is 0.235 e. The molecule has 0 atom stereocenters. The summed E-state index contributed by atoms with van der Waals surface area (Å²) < 4.78 is 7.04. The van der Waals surface area contributed by atoms with E-state index in [9.17, 15) is 0 Å². The second-order valence-electron chi connectivity index (χ2n) is 13.8. The van der Waals surface area contributed by atoms with Gasteiger partial charge in [-0.2, -0.15) is 0 Å². The number of aromatic nitrogens is 4. The Morgan fingerprint density at radius 2 is 1.00 bits per heavy atom. The second kappa shape index (κ2) is 10.8. The van der Waals surface area contributed by atoms with E-state index >= 15 is 0 Å². The molecule has 4 nitrogen and oxygen atoms in total. The first-order valence-electron chi connectivity index (χ1n) is 17.9. The number of rotatable bonds is 3. The van der Waals surface area contributed by atoms with Crippen molar-refractivity contribution in [1.82, 2.24) is 19.1 Å². The largest absolute Gasteiger partial charge is 0.309 e. The minimum absolute atomic E-state index is 0.674. The predicted octanol–water partition coefficient (Wildman–Crippen LogP) is 13.0. The van der Waals surface area contributed by atoms with Crippen molar-refractivity contribution in [3.63, 3.8) is 0 Å². The average Bonchev–Trinajstić information content (AvgIpc) is 3.86. The topological polar surface area (TPSA) is 35.6 Å². The molecule has 4 aromatic heterocycles. The fraction of sp³-hybridized carbons (Fsp3) is 0. The van der Waals surface area contributed by atoms with Crippen LogP contribution in [-0.4, -0.2) is 19.1 Å². The van der Waals surface area contributed by atoms with Crippen LogP contribution in [0.25, 0.3) is 108 Å². The lowest BCUT2D eigenvalue weighted by atomic mass is 10.0. The van der Waals surface area contributed by atoms with Crippen LogP contribution in [-0.2, 0) is 0 Å². The van der Waals surface area contributed by atoms with Gasteiger partial charge in [0.15, 0.2) is 0 Å². The van der Waals surface area contributed by atoms with E-state index in [1.54, 1.807) is 11.3 Å². The third-order valence-electron chi connectivity index (χ3n) is 10.9. The minimum atomic E-state index is 0.674. The normalized spacial score (nSPS) is 12.2.